The minimum Gasteiger partial charge on any atom is -0.489 e. The number of aromatic nitrogens is 2. The van der Waals surface area contributed by atoms with Crippen LogP contribution >= 0.6 is 11.3 Å². The lowest BCUT2D eigenvalue weighted by molar-refractivity contribution is -0.138. The Kier molecular flexibility index (Phi) is 7.71. The molecule has 2 fully saturated rings. The monoisotopic (exact) mass is 599 g/mol. The summed E-state index contributed by atoms with van der Waals surface area (Å²) in [6.45, 7) is 3.85. The third-order valence-corrected chi connectivity index (χ3v) is 8.92. The standard InChI is InChI=1S/C29H28F3N5O4S/c30-29(31,32)27-33-34-28(42-27)36-12-10-35(11-13-36)15-18-4-6-19(7-5-18)17-41-25-3-1-2-21-22(25)16-37(26(21)40)23-9-8-20(38)14-24(23)39/h1-7,23H,8-17H2. The number of benzene rings is 2. The Labute approximate surface area is 243 Å². The van der Waals surface area contributed by atoms with Gasteiger partial charge in [-0.15, -0.1) is 10.2 Å². The highest BCUT2D eigenvalue weighted by atomic mass is 32.1. The van der Waals surface area contributed by atoms with E-state index in [1.54, 1.807) is 17.0 Å². The van der Waals surface area contributed by atoms with Crippen LogP contribution in [0.15, 0.2) is 42.5 Å². The molecule has 2 aliphatic heterocycles. The molecule has 1 unspecified atom stereocenters. The number of anilines is 1. The van der Waals surface area contributed by atoms with Crippen LogP contribution in [0.2, 0.25) is 0 Å². The lowest BCUT2D eigenvalue weighted by Gasteiger charge is -2.34. The number of nitrogens with zero attached hydrogens (tertiary/aromatic N) is 5. The molecule has 1 aliphatic carbocycles. The molecule has 3 heterocycles. The predicted octanol–water partition coefficient (Wildman–Crippen LogP) is 4.10. The summed E-state index contributed by atoms with van der Waals surface area (Å²) in [5, 5.41) is 6.37. The largest absolute Gasteiger partial charge is 0.489 e. The molecule has 220 valence electrons. The van der Waals surface area contributed by atoms with Gasteiger partial charge in [-0.2, -0.15) is 13.2 Å². The van der Waals surface area contributed by atoms with E-state index in [0.29, 0.717) is 80.0 Å². The number of rotatable bonds is 7. The number of ketones is 2. The van der Waals surface area contributed by atoms with Crippen LogP contribution in [0.3, 0.4) is 0 Å². The third kappa shape index (κ3) is 5.88. The first kappa shape index (κ1) is 28.3. The Balaban J connectivity index is 1.01. The van der Waals surface area contributed by atoms with Crippen LogP contribution in [0.25, 0.3) is 0 Å². The Hall–Kier alpha value is -3.84. The average molecular weight is 600 g/mol. The molecular weight excluding hydrogens is 571 g/mol. The molecule has 2 aromatic carbocycles. The normalized spacial score (nSPS) is 19.9. The second kappa shape index (κ2) is 11.4. The number of ether oxygens (including phenoxy) is 1. The van der Waals surface area contributed by atoms with Gasteiger partial charge in [0.1, 0.15) is 18.1 Å². The van der Waals surface area contributed by atoms with Crippen molar-refractivity contribution in [2.75, 3.05) is 31.1 Å². The number of piperazine rings is 1. The molecule has 3 aliphatic rings. The van der Waals surface area contributed by atoms with Gasteiger partial charge in [0.2, 0.25) is 10.1 Å². The van der Waals surface area contributed by atoms with Crippen LogP contribution in [0.1, 0.15) is 51.3 Å². The number of carbonyl (C=O) groups is 3. The number of fused-ring (bicyclic) bond motifs is 1. The molecule has 1 amide bonds. The molecule has 0 N–H and O–H groups in total. The number of halogens is 3. The molecule has 0 spiro atoms. The molecule has 3 aromatic rings. The highest BCUT2D eigenvalue weighted by Gasteiger charge is 2.40. The van der Waals surface area contributed by atoms with E-state index >= 15 is 0 Å². The van der Waals surface area contributed by atoms with E-state index < -0.39 is 17.2 Å². The third-order valence-electron chi connectivity index (χ3n) is 7.89. The highest BCUT2D eigenvalue weighted by Crippen LogP contribution is 2.36. The topological polar surface area (TPSA) is 95.9 Å². The molecular formula is C29H28F3N5O4S. The second-order valence-corrected chi connectivity index (χ2v) is 11.7. The molecule has 0 radical (unpaired) electrons. The molecule has 0 bridgehead atoms. The van der Waals surface area contributed by atoms with Crippen molar-refractivity contribution in [3.63, 3.8) is 0 Å². The molecule has 9 nitrogen and oxygen atoms in total. The van der Waals surface area contributed by atoms with Gasteiger partial charge in [0.15, 0.2) is 5.78 Å². The first-order valence-corrected chi connectivity index (χ1v) is 14.5. The maximum absolute atomic E-state index is 13.1. The first-order valence-electron chi connectivity index (χ1n) is 13.7. The smallest absolute Gasteiger partial charge is 0.445 e. The minimum atomic E-state index is -4.48. The van der Waals surface area contributed by atoms with E-state index in [-0.39, 0.29) is 30.4 Å². The lowest BCUT2D eigenvalue weighted by atomic mass is 9.92. The number of alkyl halides is 3. The van der Waals surface area contributed by atoms with Crippen molar-refractivity contribution in [1.29, 1.82) is 0 Å². The fourth-order valence-corrected chi connectivity index (χ4v) is 6.38. The van der Waals surface area contributed by atoms with Crippen LogP contribution in [0.5, 0.6) is 5.75 Å². The zero-order chi connectivity index (χ0) is 29.4. The van der Waals surface area contributed by atoms with Crippen molar-refractivity contribution < 1.29 is 32.3 Å². The number of amides is 1. The lowest BCUT2D eigenvalue weighted by Crippen LogP contribution is -2.45. The van der Waals surface area contributed by atoms with Gasteiger partial charge in [-0.05, 0) is 29.7 Å². The maximum Gasteiger partial charge on any atom is 0.445 e. The van der Waals surface area contributed by atoms with Crippen molar-refractivity contribution in [3.05, 3.63) is 69.7 Å². The fraction of sp³-hybridized carbons (Fsp3) is 0.414. The molecule has 42 heavy (non-hydrogen) atoms. The maximum atomic E-state index is 13.1. The summed E-state index contributed by atoms with van der Waals surface area (Å²) in [6.07, 6.45) is -3.92. The van der Waals surface area contributed by atoms with Gasteiger partial charge in [-0.25, -0.2) is 0 Å². The van der Waals surface area contributed by atoms with Crippen molar-refractivity contribution in [1.82, 2.24) is 20.0 Å². The van der Waals surface area contributed by atoms with Gasteiger partial charge < -0.3 is 14.5 Å². The van der Waals surface area contributed by atoms with Crippen molar-refractivity contribution >= 4 is 33.9 Å². The Morgan fingerprint density at radius 2 is 1.69 bits per heavy atom. The predicted molar refractivity (Wildman–Crippen MR) is 147 cm³/mol. The van der Waals surface area contributed by atoms with E-state index in [1.807, 2.05) is 35.2 Å². The van der Waals surface area contributed by atoms with E-state index in [2.05, 4.69) is 15.1 Å². The molecule has 1 saturated carbocycles. The van der Waals surface area contributed by atoms with Gasteiger partial charge in [-0.1, -0.05) is 41.7 Å². The van der Waals surface area contributed by atoms with Crippen molar-refractivity contribution in [2.24, 2.45) is 0 Å². The summed E-state index contributed by atoms with van der Waals surface area (Å²) in [5.41, 5.74) is 3.35. The number of hydrogen-bond acceptors (Lipinski definition) is 9. The summed E-state index contributed by atoms with van der Waals surface area (Å²) >= 11 is 0.574. The summed E-state index contributed by atoms with van der Waals surface area (Å²) < 4.78 is 44.6. The zero-order valence-electron chi connectivity index (χ0n) is 22.6. The summed E-state index contributed by atoms with van der Waals surface area (Å²) in [4.78, 5) is 42.8. The van der Waals surface area contributed by atoms with Gasteiger partial charge in [0.05, 0.1) is 19.0 Å². The van der Waals surface area contributed by atoms with E-state index in [4.69, 9.17) is 4.74 Å². The minimum absolute atomic E-state index is 0.0755. The Bertz CT molecular complexity index is 1500. The molecule has 1 aromatic heterocycles. The van der Waals surface area contributed by atoms with E-state index in [0.717, 1.165) is 16.7 Å². The SMILES string of the molecule is O=C1CCC(N2Cc3c(OCc4ccc(CN5CCN(c6nnc(C(F)(F)F)s6)CC5)cc4)cccc3C2=O)C(=O)C1. The fourth-order valence-electron chi connectivity index (χ4n) is 5.62. The summed E-state index contributed by atoms with van der Waals surface area (Å²) in [5.74, 6) is 0.117. The van der Waals surface area contributed by atoms with Gasteiger partial charge >= 0.3 is 6.18 Å². The summed E-state index contributed by atoms with van der Waals surface area (Å²) in [7, 11) is 0. The molecule has 13 heteroatoms. The number of carbonyl (C=O) groups excluding carboxylic acids is 3. The van der Waals surface area contributed by atoms with Crippen LogP contribution < -0.4 is 9.64 Å². The van der Waals surface area contributed by atoms with E-state index in [1.165, 1.54) is 0 Å². The molecule has 6 rings (SSSR count). The average Bonchev–Trinajstić information content (AvgIpc) is 3.59. The van der Waals surface area contributed by atoms with E-state index in [9.17, 15) is 27.6 Å². The Morgan fingerprint density at radius 3 is 2.38 bits per heavy atom. The van der Waals surface area contributed by atoms with Gasteiger partial charge in [0.25, 0.3) is 5.91 Å². The van der Waals surface area contributed by atoms with Crippen molar-refractivity contribution in [2.45, 2.75) is 51.2 Å². The number of hydrogen-bond donors (Lipinski definition) is 0. The quantitative estimate of drug-likeness (QED) is 0.375. The van der Waals surface area contributed by atoms with Gasteiger partial charge in [0, 0.05) is 50.3 Å². The zero-order valence-corrected chi connectivity index (χ0v) is 23.4. The molecule has 1 atom stereocenters. The Morgan fingerprint density at radius 1 is 0.952 bits per heavy atom. The van der Waals surface area contributed by atoms with Crippen LogP contribution in [0, 0.1) is 0 Å². The van der Waals surface area contributed by atoms with Crippen LogP contribution in [0.4, 0.5) is 18.3 Å². The van der Waals surface area contributed by atoms with Crippen molar-refractivity contribution in [3.8, 4) is 5.75 Å². The highest BCUT2D eigenvalue weighted by molar-refractivity contribution is 7.15. The van der Waals surface area contributed by atoms with Crippen LogP contribution in [-0.2, 0) is 35.5 Å². The summed E-state index contributed by atoms with van der Waals surface area (Å²) in [6, 6.07) is 12.8. The number of Topliss-reactive ketones (excluding diaryl/α,β-unsaturated/α-hetero) is 2. The van der Waals surface area contributed by atoms with Gasteiger partial charge in [-0.3, -0.25) is 19.3 Å². The molecule has 1 saturated heterocycles. The first-order chi connectivity index (χ1) is 20.2. The van der Waals surface area contributed by atoms with Crippen LogP contribution in [-0.4, -0.2) is 69.7 Å². The second-order valence-electron chi connectivity index (χ2n) is 10.7.